The van der Waals surface area contributed by atoms with Gasteiger partial charge in [-0.15, -0.1) is 0 Å². The zero-order valence-corrected chi connectivity index (χ0v) is 14.1. The van der Waals surface area contributed by atoms with Crippen LogP contribution in [-0.4, -0.2) is 13.7 Å². The maximum absolute atomic E-state index is 6.23. The van der Waals surface area contributed by atoms with Crippen LogP contribution in [0.1, 0.15) is 11.1 Å². The summed E-state index contributed by atoms with van der Waals surface area (Å²) in [5.41, 5.74) is 7.60. The van der Waals surface area contributed by atoms with Gasteiger partial charge in [0.05, 0.1) is 12.1 Å². The number of hydrogen-bond donors (Lipinski definition) is 1. The Morgan fingerprint density at radius 1 is 1.14 bits per heavy atom. The van der Waals surface area contributed by atoms with E-state index in [0.717, 1.165) is 27.8 Å². The van der Waals surface area contributed by atoms with Gasteiger partial charge in [-0.2, -0.15) is 0 Å². The van der Waals surface area contributed by atoms with E-state index in [1.165, 1.54) is 0 Å². The smallest absolute Gasteiger partial charge is 0.138 e. The highest BCUT2D eigenvalue weighted by molar-refractivity contribution is 9.10. The van der Waals surface area contributed by atoms with Crippen LogP contribution in [0.25, 0.3) is 0 Å². The summed E-state index contributed by atoms with van der Waals surface area (Å²) < 4.78 is 12.1. The van der Waals surface area contributed by atoms with Crippen molar-refractivity contribution in [2.24, 2.45) is 5.73 Å². The minimum Gasteiger partial charge on any atom is -0.496 e. The van der Waals surface area contributed by atoms with E-state index < -0.39 is 0 Å². The Morgan fingerprint density at radius 2 is 1.90 bits per heavy atom. The highest BCUT2D eigenvalue weighted by Gasteiger charge is 2.07. The molecule has 112 valence electrons. The van der Waals surface area contributed by atoms with Crippen molar-refractivity contribution in [2.75, 3.05) is 13.7 Å². The summed E-state index contributed by atoms with van der Waals surface area (Å²) in [4.78, 5) is 0. The first-order valence-electron chi connectivity index (χ1n) is 6.57. The van der Waals surface area contributed by atoms with Crippen LogP contribution in [0, 0.1) is 0 Å². The monoisotopic (exact) mass is 369 g/mol. The molecule has 2 aromatic rings. The van der Waals surface area contributed by atoms with Crippen LogP contribution >= 0.6 is 27.5 Å². The first kappa shape index (κ1) is 16.1. The predicted octanol–water partition coefficient (Wildman–Crippen LogP) is 4.19. The van der Waals surface area contributed by atoms with Gasteiger partial charge in [-0.25, -0.2) is 0 Å². The minimum absolute atomic E-state index is 0.387. The zero-order chi connectivity index (χ0) is 15.2. The van der Waals surface area contributed by atoms with Gasteiger partial charge in [-0.05, 0) is 48.9 Å². The fourth-order valence-corrected chi connectivity index (χ4v) is 2.67. The van der Waals surface area contributed by atoms with Crippen molar-refractivity contribution < 1.29 is 9.47 Å². The normalized spacial score (nSPS) is 10.5. The Morgan fingerprint density at radius 3 is 2.57 bits per heavy atom. The van der Waals surface area contributed by atoms with Crippen LogP contribution in [0.15, 0.2) is 40.9 Å². The summed E-state index contributed by atoms with van der Waals surface area (Å²) in [5.74, 6) is 1.44. The molecule has 2 N–H and O–H groups in total. The lowest BCUT2D eigenvalue weighted by Crippen LogP contribution is -2.03. The lowest BCUT2D eigenvalue weighted by Gasteiger charge is -2.12. The molecule has 3 nitrogen and oxygen atoms in total. The molecule has 0 saturated carbocycles. The SMILES string of the molecule is COc1ccc(Br)cc1COc1ccc(CCN)cc1Cl. The largest absolute Gasteiger partial charge is 0.496 e. The first-order chi connectivity index (χ1) is 10.1. The van der Waals surface area contributed by atoms with Gasteiger partial charge in [0.2, 0.25) is 0 Å². The minimum atomic E-state index is 0.387. The second-order valence-electron chi connectivity index (χ2n) is 4.55. The second kappa shape index (κ2) is 7.69. The van der Waals surface area contributed by atoms with Gasteiger partial charge >= 0.3 is 0 Å². The molecule has 0 heterocycles. The summed E-state index contributed by atoms with van der Waals surface area (Å²) in [6, 6.07) is 11.5. The van der Waals surface area contributed by atoms with Gasteiger partial charge in [0.1, 0.15) is 18.1 Å². The molecule has 2 aromatic carbocycles. The molecule has 0 unspecified atom stereocenters. The summed E-state index contributed by atoms with van der Waals surface area (Å²) in [6.45, 7) is 0.990. The maximum atomic E-state index is 6.23. The molecular weight excluding hydrogens is 354 g/mol. The van der Waals surface area contributed by atoms with E-state index in [4.69, 9.17) is 26.8 Å². The molecule has 0 fully saturated rings. The van der Waals surface area contributed by atoms with E-state index in [2.05, 4.69) is 15.9 Å². The van der Waals surface area contributed by atoms with E-state index in [0.29, 0.717) is 23.9 Å². The summed E-state index contributed by atoms with van der Waals surface area (Å²) >= 11 is 9.67. The van der Waals surface area contributed by atoms with Crippen molar-refractivity contribution in [2.45, 2.75) is 13.0 Å². The lowest BCUT2D eigenvalue weighted by molar-refractivity contribution is 0.296. The fraction of sp³-hybridized carbons (Fsp3) is 0.250. The Kier molecular flexibility index (Phi) is 5.91. The summed E-state index contributed by atoms with van der Waals surface area (Å²) in [6.07, 6.45) is 0.805. The molecule has 0 atom stereocenters. The molecule has 0 aliphatic carbocycles. The van der Waals surface area contributed by atoms with Gasteiger partial charge in [-0.1, -0.05) is 33.6 Å². The number of ether oxygens (including phenoxy) is 2. The standard InChI is InChI=1S/C16H17BrClNO2/c1-20-15-5-3-13(17)9-12(15)10-21-16-4-2-11(6-7-19)8-14(16)18/h2-5,8-9H,6-7,10,19H2,1H3. The summed E-state index contributed by atoms with van der Waals surface area (Å²) in [7, 11) is 1.64. The van der Waals surface area contributed by atoms with E-state index in [1.807, 2.05) is 36.4 Å². The van der Waals surface area contributed by atoms with Crippen molar-refractivity contribution in [1.82, 2.24) is 0 Å². The number of benzene rings is 2. The van der Waals surface area contributed by atoms with Crippen molar-refractivity contribution in [3.8, 4) is 11.5 Å². The third-order valence-corrected chi connectivity index (χ3v) is 3.84. The Bertz CT molecular complexity index is 619. The number of methoxy groups -OCH3 is 1. The molecule has 0 aliphatic rings. The van der Waals surface area contributed by atoms with Crippen molar-refractivity contribution in [1.29, 1.82) is 0 Å². The maximum Gasteiger partial charge on any atom is 0.138 e. The van der Waals surface area contributed by atoms with E-state index in [-0.39, 0.29) is 0 Å². The van der Waals surface area contributed by atoms with Crippen molar-refractivity contribution >= 4 is 27.5 Å². The third-order valence-electron chi connectivity index (χ3n) is 3.05. The van der Waals surface area contributed by atoms with Crippen molar-refractivity contribution in [3.63, 3.8) is 0 Å². The van der Waals surface area contributed by atoms with E-state index in [1.54, 1.807) is 7.11 Å². The molecule has 0 spiro atoms. The number of hydrogen-bond acceptors (Lipinski definition) is 3. The van der Waals surface area contributed by atoms with Gasteiger partial charge in [-0.3, -0.25) is 0 Å². The van der Waals surface area contributed by atoms with Crippen LogP contribution in [0.3, 0.4) is 0 Å². The highest BCUT2D eigenvalue weighted by atomic mass is 79.9. The molecule has 0 amide bonds. The molecule has 0 saturated heterocycles. The van der Waals surface area contributed by atoms with Crippen LogP contribution in [-0.2, 0) is 13.0 Å². The van der Waals surface area contributed by atoms with Gasteiger partial charge in [0, 0.05) is 10.0 Å². The van der Waals surface area contributed by atoms with Crippen LogP contribution in [0.5, 0.6) is 11.5 Å². The van der Waals surface area contributed by atoms with Crippen molar-refractivity contribution in [3.05, 3.63) is 57.0 Å². The Balaban J connectivity index is 2.11. The topological polar surface area (TPSA) is 44.5 Å². The lowest BCUT2D eigenvalue weighted by atomic mass is 10.1. The molecule has 0 aliphatic heterocycles. The third kappa shape index (κ3) is 4.37. The highest BCUT2D eigenvalue weighted by Crippen LogP contribution is 2.29. The molecule has 21 heavy (non-hydrogen) atoms. The number of nitrogens with two attached hydrogens (primary N) is 1. The van der Waals surface area contributed by atoms with Gasteiger partial charge in [0.25, 0.3) is 0 Å². The Hall–Kier alpha value is -1.23. The molecule has 0 radical (unpaired) electrons. The van der Waals surface area contributed by atoms with Gasteiger partial charge in [0.15, 0.2) is 0 Å². The average Bonchev–Trinajstić information content (AvgIpc) is 2.47. The summed E-state index contributed by atoms with van der Waals surface area (Å²) in [5, 5.41) is 0.593. The molecular formula is C16H17BrClNO2. The van der Waals surface area contributed by atoms with Crippen LogP contribution in [0.2, 0.25) is 5.02 Å². The molecule has 0 bridgehead atoms. The Labute approximate surface area is 138 Å². The molecule has 2 rings (SSSR count). The number of halogens is 2. The van der Waals surface area contributed by atoms with E-state index >= 15 is 0 Å². The predicted molar refractivity (Wildman–Crippen MR) is 89.2 cm³/mol. The zero-order valence-electron chi connectivity index (χ0n) is 11.7. The van der Waals surface area contributed by atoms with E-state index in [9.17, 15) is 0 Å². The second-order valence-corrected chi connectivity index (χ2v) is 5.87. The van der Waals surface area contributed by atoms with Crippen LogP contribution in [0.4, 0.5) is 0 Å². The molecule has 0 aromatic heterocycles. The van der Waals surface area contributed by atoms with Crippen LogP contribution < -0.4 is 15.2 Å². The average molecular weight is 371 g/mol. The quantitative estimate of drug-likeness (QED) is 0.829. The number of rotatable bonds is 6. The first-order valence-corrected chi connectivity index (χ1v) is 7.75. The fourth-order valence-electron chi connectivity index (χ4n) is 2.00. The van der Waals surface area contributed by atoms with Gasteiger partial charge < -0.3 is 15.2 Å². The molecule has 5 heteroatoms.